The zero-order valence-corrected chi connectivity index (χ0v) is 6.66. The predicted octanol–water partition coefficient (Wildman–Crippen LogP) is 0.470. The van der Waals surface area contributed by atoms with Gasteiger partial charge in [-0.05, 0) is 13.8 Å². The number of carboxylic acid groups (broad SMARTS) is 1. The van der Waals surface area contributed by atoms with Gasteiger partial charge in [0.05, 0.1) is 13.2 Å². The minimum absolute atomic E-state index is 0.226. The van der Waals surface area contributed by atoms with Gasteiger partial charge in [0, 0.05) is 0 Å². The molecule has 1 N–H and O–H groups in total. The van der Waals surface area contributed by atoms with Gasteiger partial charge in [-0.25, -0.2) is 0 Å². The highest BCUT2D eigenvalue weighted by Gasteiger charge is 2.38. The highest BCUT2D eigenvalue weighted by Crippen LogP contribution is 2.23. The minimum atomic E-state index is -0.871. The van der Waals surface area contributed by atoms with Crippen LogP contribution >= 0.6 is 0 Å². The van der Waals surface area contributed by atoms with E-state index in [1.165, 1.54) is 0 Å². The van der Waals surface area contributed by atoms with Crippen molar-refractivity contribution in [2.75, 3.05) is 13.2 Å². The van der Waals surface area contributed by atoms with E-state index in [4.69, 9.17) is 14.6 Å². The van der Waals surface area contributed by atoms with Gasteiger partial charge in [-0.2, -0.15) is 0 Å². The Kier molecular flexibility index (Phi) is 2.15. The summed E-state index contributed by atoms with van der Waals surface area (Å²) in [6, 6.07) is 0. The van der Waals surface area contributed by atoms with Gasteiger partial charge in [-0.3, -0.25) is 4.79 Å². The maximum Gasteiger partial charge on any atom is 0.314 e. The van der Waals surface area contributed by atoms with Crippen LogP contribution < -0.4 is 0 Å². The zero-order chi connectivity index (χ0) is 8.48. The Morgan fingerprint density at radius 1 is 1.55 bits per heavy atom. The van der Waals surface area contributed by atoms with E-state index in [-0.39, 0.29) is 19.5 Å². The van der Waals surface area contributed by atoms with Crippen molar-refractivity contribution in [3.63, 3.8) is 0 Å². The summed E-state index contributed by atoms with van der Waals surface area (Å²) in [5.74, 6) is -0.871. The molecule has 1 fully saturated rings. The van der Waals surface area contributed by atoms with Crippen LogP contribution in [0.1, 0.15) is 13.8 Å². The van der Waals surface area contributed by atoms with Crippen LogP contribution in [-0.4, -0.2) is 30.6 Å². The van der Waals surface area contributed by atoms with Crippen LogP contribution in [0.15, 0.2) is 0 Å². The van der Waals surface area contributed by atoms with Crippen LogP contribution in [0.3, 0.4) is 0 Å². The molecule has 0 atom stereocenters. The molecule has 0 radical (unpaired) electrons. The summed E-state index contributed by atoms with van der Waals surface area (Å²) in [6.07, 6.45) is -0.276. The second kappa shape index (κ2) is 2.79. The van der Waals surface area contributed by atoms with Crippen LogP contribution in [0.2, 0.25) is 0 Å². The Balaban J connectivity index is 2.55. The van der Waals surface area contributed by atoms with Crippen molar-refractivity contribution in [1.29, 1.82) is 0 Å². The molecule has 0 aromatic heterocycles. The van der Waals surface area contributed by atoms with Crippen molar-refractivity contribution in [2.24, 2.45) is 5.41 Å². The van der Waals surface area contributed by atoms with Crippen molar-refractivity contribution in [1.82, 2.24) is 0 Å². The third kappa shape index (κ3) is 1.70. The van der Waals surface area contributed by atoms with E-state index in [0.29, 0.717) is 0 Å². The number of carbonyl (C=O) groups is 1. The fourth-order valence-electron chi connectivity index (χ4n) is 0.816. The van der Waals surface area contributed by atoms with Gasteiger partial charge in [0.1, 0.15) is 5.41 Å². The van der Waals surface area contributed by atoms with E-state index >= 15 is 0 Å². The molecule has 0 amide bonds. The quantitative estimate of drug-likeness (QED) is 0.605. The third-order valence-corrected chi connectivity index (χ3v) is 1.79. The Morgan fingerprint density at radius 3 is 2.36 bits per heavy atom. The summed E-state index contributed by atoms with van der Waals surface area (Å²) in [6.45, 7) is 3.82. The molecule has 1 heterocycles. The van der Waals surface area contributed by atoms with Crippen LogP contribution in [0.25, 0.3) is 0 Å². The molecule has 0 saturated carbocycles. The van der Waals surface area contributed by atoms with Crippen LogP contribution in [-0.2, 0) is 14.3 Å². The summed E-state index contributed by atoms with van der Waals surface area (Å²) in [4.78, 5) is 10.6. The fraction of sp³-hybridized carbons (Fsp3) is 0.857. The van der Waals surface area contributed by atoms with E-state index in [0.717, 1.165) is 0 Å². The fourth-order valence-corrected chi connectivity index (χ4v) is 0.816. The Morgan fingerprint density at radius 2 is 2.00 bits per heavy atom. The van der Waals surface area contributed by atoms with E-state index < -0.39 is 11.4 Å². The SMILES string of the molecule is CC1OCC(C)(C(=O)O)CO1. The summed E-state index contributed by atoms with van der Waals surface area (Å²) in [7, 11) is 0. The molecule has 4 heteroatoms. The maximum atomic E-state index is 10.6. The number of hydrogen-bond acceptors (Lipinski definition) is 3. The van der Waals surface area contributed by atoms with Gasteiger partial charge in [0.2, 0.25) is 0 Å². The molecule has 11 heavy (non-hydrogen) atoms. The summed E-state index contributed by atoms with van der Waals surface area (Å²) in [5, 5.41) is 8.72. The van der Waals surface area contributed by atoms with Crippen molar-refractivity contribution in [3.8, 4) is 0 Å². The minimum Gasteiger partial charge on any atom is -0.481 e. The average molecular weight is 160 g/mol. The molecule has 0 spiro atoms. The molecule has 1 saturated heterocycles. The highest BCUT2D eigenvalue weighted by atomic mass is 16.7. The molecule has 1 rings (SSSR count). The normalized spacial score (nSPS) is 38.5. The van der Waals surface area contributed by atoms with Crippen molar-refractivity contribution >= 4 is 5.97 Å². The van der Waals surface area contributed by atoms with E-state index in [1.54, 1.807) is 13.8 Å². The standard InChI is InChI=1S/C7H12O4/c1-5-10-3-7(2,4-11-5)6(8)9/h5H,3-4H2,1-2H3,(H,8,9). The van der Waals surface area contributed by atoms with Crippen LogP contribution in [0.4, 0.5) is 0 Å². The Hall–Kier alpha value is -0.610. The Bertz CT molecular complexity index is 158. The lowest BCUT2D eigenvalue weighted by Gasteiger charge is -2.32. The van der Waals surface area contributed by atoms with Gasteiger partial charge in [0.25, 0.3) is 0 Å². The molecule has 0 aromatic rings. The molecule has 0 aromatic carbocycles. The summed E-state index contributed by atoms with van der Waals surface area (Å²) >= 11 is 0. The number of aliphatic carboxylic acids is 1. The first kappa shape index (κ1) is 8.49. The first-order chi connectivity index (χ1) is 5.04. The van der Waals surface area contributed by atoms with E-state index in [1.807, 2.05) is 0 Å². The monoisotopic (exact) mass is 160 g/mol. The van der Waals surface area contributed by atoms with Gasteiger partial charge < -0.3 is 14.6 Å². The van der Waals surface area contributed by atoms with Crippen molar-refractivity contribution < 1.29 is 19.4 Å². The third-order valence-electron chi connectivity index (χ3n) is 1.79. The first-order valence-corrected chi connectivity index (χ1v) is 3.51. The lowest BCUT2D eigenvalue weighted by Crippen LogP contribution is -2.44. The predicted molar refractivity (Wildman–Crippen MR) is 37.1 cm³/mol. The van der Waals surface area contributed by atoms with E-state index in [2.05, 4.69) is 0 Å². The smallest absolute Gasteiger partial charge is 0.314 e. The van der Waals surface area contributed by atoms with Crippen molar-refractivity contribution in [2.45, 2.75) is 20.1 Å². The van der Waals surface area contributed by atoms with E-state index in [9.17, 15) is 4.79 Å². The lowest BCUT2D eigenvalue weighted by atomic mass is 9.93. The number of rotatable bonds is 1. The largest absolute Gasteiger partial charge is 0.481 e. The molecule has 1 aliphatic rings. The molecule has 1 aliphatic heterocycles. The molecule has 0 aliphatic carbocycles. The van der Waals surface area contributed by atoms with Crippen LogP contribution in [0, 0.1) is 5.41 Å². The van der Waals surface area contributed by atoms with Gasteiger partial charge >= 0.3 is 5.97 Å². The van der Waals surface area contributed by atoms with Gasteiger partial charge in [-0.15, -0.1) is 0 Å². The average Bonchev–Trinajstić information content (AvgIpc) is 1.95. The topological polar surface area (TPSA) is 55.8 Å². The second-order valence-corrected chi connectivity index (χ2v) is 3.06. The first-order valence-electron chi connectivity index (χ1n) is 3.51. The summed E-state index contributed by atoms with van der Waals surface area (Å²) in [5.41, 5.74) is -0.869. The Labute approximate surface area is 65.1 Å². The van der Waals surface area contributed by atoms with Crippen LogP contribution in [0.5, 0.6) is 0 Å². The van der Waals surface area contributed by atoms with Gasteiger partial charge in [-0.1, -0.05) is 0 Å². The zero-order valence-electron chi connectivity index (χ0n) is 6.66. The molecule has 4 nitrogen and oxygen atoms in total. The number of ether oxygens (including phenoxy) is 2. The molecule has 0 bridgehead atoms. The number of hydrogen-bond donors (Lipinski definition) is 1. The maximum absolute atomic E-state index is 10.6. The highest BCUT2D eigenvalue weighted by molar-refractivity contribution is 5.74. The molecule has 0 unspecified atom stereocenters. The summed E-state index contributed by atoms with van der Waals surface area (Å²) < 4.78 is 10.1. The van der Waals surface area contributed by atoms with Crippen molar-refractivity contribution in [3.05, 3.63) is 0 Å². The molecular formula is C7H12O4. The van der Waals surface area contributed by atoms with Gasteiger partial charge in [0.15, 0.2) is 6.29 Å². The number of carboxylic acids is 1. The molecule has 64 valence electrons. The second-order valence-electron chi connectivity index (χ2n) is 3.06. The lowest BCUT2D eigenvalue weighted by molar-refractivity contribution is -0.222. The molecular weight excluding hydrogens is 148 g/mol.